The van der Waals surface area contributed by atoms with Gasteiger partial charge in [0.05, 0.1) is 10.9 Å². The van der Waals surface area contributed by atoms with E-state index in [4.69, 9.17) is 0 Å². The minimum atomic E-state index is -3.47. The Morgan fingerprint density at radius 2 is 1.73 bits per heavy atom. The van der Waals surface area contributed by atoms with Crippen molar-refractivity contribution in [1.82, 2.24) is 9.62 Å². The number of nitrogens with one attached hydrogen (secondary N) is 1. The molecule has 0 fully saturated rings. The number of rotatable bonds is 7. The molecular formula is C19H23IN2O3S. The fourth-order valence-electron chi connectivity index (χ4n) is 2.63. The Labute approximate surface area is 169 Å². The molecule has 5 nitrogen and oxygen atoms in total. The second kappa shape index (κ2) is 8.96. The molecule has 1 atom stereocenters. The van der Waals surface area contributed by atoms with Crippen LogP contribution in [0.15, 0.2) is 53.4 Å². The highest BCUT2D eigenvalue weighted by molar-refractivity contribution is 14.1. The Morgan fingerprint density at radius 3 is 2.27 bits per heavy atom. The predicted octanol–water partition coefficient (Wildman–Crippen LogP) is 3.81. The van der Waals surface area contributed by atoms with Gasteiger partial charge in [0.1, 0.15) is 0 Å². The molecule has 2 aromatic rings. The van der Waals surface area contributed by atoms with E-state index in [-0.39, 0.29) is 16.8 Å². The monoisotopic (exact) mass is 486 g/mol. The van der Waals surface area contributed by atoms with Crippen LogP contribution in [0.2, 0.25) is 0 Å². The first-order valence-corrected chi connectivity index (χ1v) is 11.0. The van der Waals surface area contributed by atoms with Crippen LogP contribution in [0.25, 0.3) is 0 Å². The van der Waals surface area contributed by atoms with Gasteiger partial charge in [0, 0.05) is 22.2 Å². The molecule has 1 amide bonds. The lowest BCUT2D eigenvalue weighted by Crippen LogP contribution is -2.30. The third kappa shape index (κ3) is 4.83. The van der Waals surface area contributed by atoms with Crippen LogP contribution in [-0.4, -0.2) is 31.7 Å². The highest BCUT2D eigenvalue weighted by Crippen LogP contribution is 2.20. The second-order valence-corrected chi connectivity index (χ2v) is 9.05. The van der Waals surface area contributed by atoms with E-state index in [2.05, 4.69) is 27.9 Å². The van der Waals surface area contributed by atoms with Gasteiger partial charge in [-0.3, -0.25) is 4.79 Å². The van der Waals surface area contributed by atoms with Gasteiger partial charge in [-0.05, 0) is 65.4 Å². The zero-order chi connectivity index (χ0) is 19.3. The fraction of sp³-hybridized carbons (Fsp3) is 0.316. The van der Waals surface area contributed by atoms with Crippen molar-refractivity contribution in [3.8, 4) is 0 Å². The van der Waals surface area contributed by atoms with Crippen molar-refractivity contribution in [3.05, 3.63) is 63.2 Å². The summed E-state index contributed by atoms with van der Waals surface area (Å²) in [6.07, 6.45) is 0. The van der Waals surface area contributed by atoms with E-state index < -0.39 is 10.0 Å². The van der Waals surface area contributed by atoms with E-state index in [0.717, 1.165) is 9.13 Å². The topological polar surface area (TPSA) is 66.5 Å². The first-order valence-electron chi connectivity index (χ1n) is 8.46. The molecular weight excluding hydrogens is 463 g/mol. The molecule has 140 valence electrons. The molecule has 0 aliphatic heterocycles. The van der Waals surface area contributed by atoms with Crippen molar-refractivity contribution in [2.75, 3.05) is 13.1 Å². The third-order valence-electron chi connectivity index (χ3n) is 4.16. The fourth-order valence-corrected chi connectivity index (χ4v) is 4.64. The molecule has 0 spiro atoms. The van der Waals surface area contributed by atoms with Crippen molar-refractivity contribution < 1.29 is 13.2 Å². The average Bonchev–Trinajstić information content (AvgIpc) is 2.62. The zero-order valence-corrected chi connectivity index (χ0v) is 18.0. The number of carbonyl (C=O) groups is 1. The molecule has 0 saturated carbocycles. The molecule has 1 unspecified atom stereocenters. The van der Waals surface area contributed by atoms with Gasteiger partial charge in [0.15, 0.2) is 0 Å². The number of halogens is 1. The summed E-state index contributed by atoms with van der Waals surface area (Å²) in [6, 6.07) is 13.8. The van der Waals surface area contributed by atoms with Crippen LogP contribution >= 0.6 is 22.6 Å². The quantitative estimate of drug-likeness (QED) is 0.606. The number of nitrogens with zero attached hydrogens (tertiary/aromatic N) is 1. The van der Waals surface area contributed by atoms with E-state index in [1.165, 1.54) is 4.31 Å². The number of sulfonamides is 1. The maximum Gasteiger partial charge on any atom is 0.251 e. The van der Waals surface area contributed by atoms with Crippen LogP contribution < -0.4 is 5.32 Å². The Bertz CT molecular complexity index is 863. The minimum Gasteiger partial charge on any atom is -0.346 e. The lowest BCUT2D eigenvalue weighted by molar-refractivity contribution is 0.0940. The molecule has 0 aliphatic rings. The number of hydrogen-bond donors (Lipinski definition) is 1. The van der Waals surface area contributed by atoms with Gasteiger partial charge >= 0.3 is 0 Å². The Morgan fingerprint density at radius 1 is 1.12 bits per heavy atom. The SMILES string of the molecule is CCN(CC)S(=O)(=O)c1ccc(C(C)NC(=O)c2cccc(I)c2)cc1. The summed E-state index contributed by atoms with van der Waals surface area (Å²) in [7, 11) is -3.47. The number of hydrogen-bond acceptors (Lipinski definition) is 3. The van der Waals surface area contributed by atoms with Gasteiger partial charge in [-0.2, -0.15) is 4.31 Å². The van der Waals surface area contributed by atoms with Crippen LogP contribution in [0.4, 0.5) is 0 Å². The standard InChI is InChI=1S/C19H23IN2O3S/c1-4-22(5-2)26(24,25)18-11-9-15(10-12-18)14(3)21-19(23)16-7-6-8-17(20)13-16/h6-14H,4-5H2,1-3H3,(H,21,23). The molecule has 0 saturated heterocycles. The van der Waals surface area contributed by atoms with Crippen LogP contribution in [0.3, 0.4) is 0 Å². The highest BCUT2D eigenvalue weighted by Gasteiger charge is 2.21. The van der Waals surface area contributed by atoms with Crippen molar-refractivity contribution >= 4 is 38.5 Å². The Hall–Kier alpha value is -1.45. The van der Waals surface area contributed by atoms with Crippen LogP contribution in [0, 0.1) is 3.57 Å². The molecule has 7 heteroatoms. The minimum absolute atomic E-state index is 0.157. The zero-order valence-electron chi connectivity index (χ0n) is 15.1. The van der Waals surface area contributed by atoms with E-state index in [0.29, 0.717) is 18.7 Å². The lowest BCUT2D eigenvalue weighted by atomic mass is 10.1. The molecule has 0 aliphatic carbocycles. The summed E-state index contributed by atoms with van der Waals surface area (Å²) < 4.78 is 27.5. The number of carbonyl (C=O) groups excluding carboxylic acids is 1. The summed E-state index contributed by atoms with van der Waals surface area (Å²) in [6.45, 7) is 6.38. The molecule has 2 rings (SSSR count). The Kier molecular flexibility index (Phi) is 7.19. The molecule has 0 radical (unpaired) electrons. The molecule has 0 heterocycles. The maximum absolute atomic E-state index is 12.5. The first-order chi connectivity index (χ1) is 12.3. The lowest BCUT2D eigenvalue weighted by Gasteiger charge is -2.19. The average molecular weight is 486 g/mol. The van der Waals surface area contributed by atoms with Crippen molar-refractivity contribution in [3.63, 3.8) is 0 Å². The smallest absolute Gasteiger partial charge is 0.251 e. The van der Waals surface area contributed by atoms with Gasteiger partial charge in [0.25, 0.3) is 5.91 Å². The molecule has 0 aromatic heterocycles. The normalized spacial score (nSPS) is 12.8. The summed E-state index contributed by atoms with van der Waals surface area (Å²) in [4.78, 5) is 12.6. The third-order valence-corrected chi connectivity index (χ3v) is 6.89. The Balaban J connectivity index is 2.14. The molecule has 0 bridgehead atoms. The van der Waals surface area contributed by atoms with Crippen molar-refractivity contribution in [2.45, 2.75) is 31.7 Å². The molecule has 2 aromatic carbocycles. The van der Waals surface area contributed by atoms with Crippen LogP contribution in [-0.2, 0) is 10.0 Å². The summed E-state index contributed by atoms with van der Waals surface area (Å²) >= 11 is 2.17. The molecule has 26 heavy (non-hydrogen) atoms. The van der Waals surface area contributed by atoms with Crippen LogP contribution in [0.1, 0.15) is 42.7 Å². The van der Waals surface area contributed by atoms with E-state index in [1.807, 2.05) is 39.0 Å². The maximum atomic E-state index is 12.5. The van der Waals surface area contributed by atoms with Gasteiger partial charge in [-0.25, -0.2) is 8.42 Å². The first kappa shape index (κ1) is 20.9. The van der Waals surface area contributed by atoms with Gasteiger partial charge in [-0.15, -0.1) is 0 Å². The molecule has 1 N–H and O–H groups in total. The summed E-state index contributed by atoms with van der Waals surface area (Å²) in [5.74, 6) is -0.157. The van der Waals surface area contributed by atoms with Crippen molar-refractivity contribution in [1.29, 1.82) is 0 Å². The summed E-state index contributed by atoms with van der Waals surface area (Å²) in [5, 5.41) is 2.94. The van der Waals surface area contributed by atoms with E-state index in [1.54, 1.807) is 30.3 Å². The van der Waals surface area contributed by atoms with Crippen molar-refractivity contribution in [2.24, 2.45) is 0 Å². The number of benzene rings is 2. The summed E-state index contributed by atoms with van der Waals surface area (Å²) in [5.41, 5.74) is 1.45. The largest absolute Gasteiger partial charge is 0.346 e. The number of amides is 1. The van der Waals surface area contributed by atoms with E-state index >= 15 is 0 Å². The predicted molar refractivity (Wildman–Crippen MR) is 112 cm³/mol. The van der Waals surface area contributed by atoms with Gasteiger partial charge in [-0.1, -0.05) is 32.0 Å². The van der Waals surface area contributed by atoms with Gasteiger partial charge in [0.2, 0.25) is 10.0 Å². The highest BCUT2D eigenvalue weighted by atomic mass is 127. The van der Waals surface area contributed by atoms with Gasteiger partial charge < -0.3 is 5.32 Å². The van der Waals surface area contributed by atoms with E-state index in [9.17, 15) is 13.2 Å². The second-order valence-electron chi connectivity index (χ2n) is 5.86. The van der Waals surface area contributed by atoms with Crippen LogP contribution in [0.5, 0.6) is 0 Å².